The highest BCUT2D eigenvalue weighted by Gasteiger charge is 2.10. The van der Waals surface area contributed by atoms with E-state index in [1.807, 2.05) is 0 Å². The van der Waals surface area contributed by atoms with Crippen LogP contribution in [0.5, 0.6) is 5.75 Å². The second-order valence-electron chi connectivity index (χ2n) is 4.05. The highest BCUT2D eigenvalue weighted by atomic mass is 16.5. The van der Waals surface area contributed by atoms with Gasteiger partial charge in [0.25, 0.3) is 0 Å². The quantitative estimate of drug-likeness (QED) is 0.668. The zero-order valence-electron chi connectivity index (χ0n) is 8.84. The molecular formula is C11H16BNO. The van der Waals surface area contributed by atoms with Gasteiger partial charge in [0.2, 0.25) is 0 Å². The maximum Gasteiger partial charge on any atom is 0.169 e. The largest absolute Gasteiger partial charge is 0.492 e. The summed E-state index contributed by atoms with van der Waals surface area (Å²) in [4.78, 5) is 0. The Balaban J connectivity index is 2.32. The van der Waals surface area contributed by atoms with Gasteiger partial charge in [-0.15, -0.1) is 0 Å². The van der Waals surface area contributed by atoms with Crippen LogP contribution in [-0.2, 0) is 6.54 Å². The molecule has 1 heterocycles. The van der Waals surface area contributed by atoms with Gasteiger partial charge in [0.1, 0.15) is 12.4 Å². The molecule has 1 N–H and O–H groups in total. The van der Waals surface area contributed by atoms with Crippen molar-refractivity contribution in [3.63, 3.8) is 0 Å². The van der Waals surface area contributed by atoms with E-state index in [-0.39, 0.29) is 0 Å². The van der Waals surface area contributed by atoms with Crippen LogP contribution in [0.15, 0.2) is 18.2 Å². The Kier molecular flexibility index (Phi) is 2.78. The molecule has 2 nitrogen and oxygen atoms in total. The lowest BCUT2D eigenvalue weighted by Crippen LogP contribution is -2.23. The SMILES string of the molecule is CB(C)c1ccc2c(c1)CNCCO2. The van der Waals surface area contributed by atoms with Crippen molar-refractivity contribution in [3.05, 3.63) is 23.8 Å². The summed E-state index contributed by atoms with van der Waals surface area (Å²) in [7, 11) is 0. The minimum atomic E-state index is 0.587. The first kappa shape index (κ1) is 9.59. The predicted molar refractivity (Wildman–Crippen MR) is 60.8 cm³/mol. The van der Waals surface area contributed by atoms with Gasteiger partial charge in [0.15, 0.2) is 6.71 Å². The lowest BCUT2D eigenvalue weighted by molar-refractivity contribution is 0.326. The van der Waals surface area contributed by atoms with Gasteiger partial charge in [-0.05, 0) is 6.07 Å². The number of benzene rings is 1. The molecule has 74 valence electrons. The van der Waals surface area contributed by atoms with Crippen molar-refractivity contribution < 1.29 is 4.74 Å². The molecule has 0 aromatic heterocycles. The monoisotopic (exact) mass is 189 g/mol. The maximum absolute atomic E-state index is 5.62. The molecule has 2 rings (SSSR count). The van der Waals surface area contributed by atoms with E-state index < -0.39 is 0 Å². The van der Waals surface area contributed by atoms with E-state index >= 15 is 0 Å². The Morgan fingerprint density at radius 1 is 1.36 bits per heavy atom. The number of hydrogen-bond acceptors (Lipinski definition) is 2. The Labute approximate surface area is 85.7 Å². The van der Waals surface area contributed by atoms with Gasteiger partial charge >= 0.3 is 0 Å². The summed E-state index contributed by atoms with van der Waals surface area (Å²) in [5.41, 5.74) is 2.67. The molecular weight excluding hydrogens is 173 g/mol. The molecule has 1 aromatic carbocycles. The molecule has 0 atom stereocenters. The van der Waals surface area contributed by atoms with Crippen molar-refractivity contribution in [2.45, 2.75) is 20.2 Å². The number of fused-ring (bicyclic) bond motifs is 1. The molecule has 0 fully saturated rings. The number of nitrogens with one attached hydrogen (secondary N) is 1. The van der Waals surface area contributed by atoms with E-state index in [1.165, 1.54) is 11.0 Å². The molecule has 0 bridgehead atoms. The molecule has 1 aliphatic rings. The topological polar surface area (TPSA) is 21.3 Å². The third-order valence-corrected chi connectivity index (χ3v) is 2.60. The average Bonchev–Trinajstić information content (AvgIpc) is 2.41. The van der Waals surface area contributed by atoms with Gasteiger partial charge in [-0.1, -0.05) is 31.2 Å². The molecule has 3 heteroatoms. The van der Waals surface area contributed by atoms with Crippen LogP contribution in [0.2, 0.25) is 13.6 Å². The zero-order valence-corrected chi connectivity index (χ0v) is 8.84. The second-order valence-corrected chi connectivity index (χ2v) is 4.05. The second kappa shape index (κ2) is 4.05. The van der Waals surface area contributed by atoms with Crippen molar-refractivity contribution in [1.29, 1.82) is 0 Å². The van der Waals surface area contributed by atoms with E-state index in [0.29, 0.717) is 6.71 Å². The van der Waals surface area contributed by atoms with Crippen molar-refractivity contribution in [2.75, 3.05) is 13.2 Å². The van der Waals surface area contributed by atoms with Crippen LogP contribution in [0.4, 0.5) is 0 Å². The molecule has 0 unspecified atom stereocenters. The summed E-state index contributed by atoms with van der Waals surface area (Å²) in [6.45, 7) is 7.65. The van der Waals surface area contributed by atoms with Crippen molar-refractivity contribution >= 4 is 12.2 Å². The molecule has 0 amide bonds. The van der Waals surface area contributed by atoms with Crippen LogP contribution in [-0.4, -0.2) is 19.9 Å². The molecule has 0 saturated heterocycles. The lowest BCUT2D eigenvalue weighted by Gasteiger charge is -2.09. The first-order valence-corrected chi connectivity index (χ1v) is 5.23. The number of hydrogen-bond donors (Lipinski definition) is 1. The number of rotatable bonds is 1. The highest BCUT2D eigenvalue weighted by molar-refractivity contribution is 6.70. The van der Waals surface area contributed by atoms with Crippen LogP contribution in [0.3, 0.4) is 0 Å². The first-order chi connectivity index (χ1) is 6.77. The summed E-state index contributed by atoms with van der Waals surface area (Å²) >= 11 is 0. The van der Waals surface area contributed by atoms with E-state index in [4.69, 9.17) is 4.74 Å². The summed E-state index contributed by atoms with van der Waals surface area (Å²) in [6.07, 6.45) is 0. The van der Waals surface area contributed by atoms with Crippen LogP contribution >= 0.6 is 0 Å². The van der Waals surface area contributed by atoms with Crippen LogP contribution in [0, 0.1) is 0 Å². The minimum Gasteiger partial charge on any atom is -0.492 e. The predicted octanol–water partition coefficient (Wildman–Crippen LogP) is 1.13. The Morgan fingerprint density at radius 3 is 3.00 bits per heavy atom. The lowest BCUT2D eigenvalue weighted by atomic mass is 9.49. The van der Waals surface area contributed by atoms with Crippen molar-refractivity contribution in [1.82, 2.24) is 5.32 Å². The van der Waals surface area contributed by atoms with Crippen molar-refractivity contribution in [3.8, 4) is 5.75 Å². The fraction of sp³-hybridized carbons (Fsp3) is 0.455. The smallest absolute Gasteiger partial charge is 0.169 e. The molecule has 1 aromatic rings. The Morgan fingerprint density at radius 2 is 2.21 bits per heavy atom. The molecule has 1 aliphatic heterocycles. The first-order valence-electron chi connectivity index (χ1n) is 5.23. The normalized spacial score (nSPS) is 15.3. The maximum atomic E-state index is 5.62. The van der Waals surface area contributed by atoms with Gasteiger partial charge in [0.05, 0.1) is 0 Å². The average molecular weight is 189 g/mol. The minimum absolute atomic E-state index is 0.587. The highest BCUT2D eigenvalue weighted by Crippen LogP contribution is 2.18. The van der Waals surface area contributed by atoms with Gasteiger partial charge < -0.3 is 10.1 Å². The van der Waals surface area contributed by atoms with Gasteiger partial charge in [-0.2, -0.15) is 0 Å². The molecule has 0 aliphatic carbocycles. The van der Waals surface area contributed by atoms with Gasteiger partial charge in [-0.3, -0.25) is 0 Å². The van der Waals surface area contributed by atoms with Gasteiger partial charge in [0, 0.05) is 18.7 Å². The standard InChI is InChI=1S/C11H16BNO/c1-12(2)10-3-4-11-9(7-10)8-13-5-6-14-11/h3-4,7,13H,5-6,8H2,1-2H3. The summed E-state index contributed by atoms with van der Waals surface area (Å²) in [5.74, 6) is 1.04. The summed E-state index contributed by atoms with van der Waals surface area (Å²) < 4.78 is 5.62. The summed E-state index contributed by atoms with van der Waals surface area (Å²) in [6, 6.07) is 6.50. The van der Waals surface area contributed by atoms with E-state index in [2.05, 4.69) is 37.2 Å². The number of ether oxygens (including phenoxy) is 1. The van der Waals surface area contributed by atoms with E-state index in [1.54, 1.807) is 0 Å². The van der Waals surface area contributed by atoms with Crippen LogP contribution in [0.25, 0.3) is 0 Å². The van der Waals surface area contributed by atoms with Gasteiger partial charge in [-0.25, -0.2) is 0 Å². The molecule has 14 heavy (non-hydrogen) atoms. The Bertz CT molecular complexity index is 325. The molecule has 0 spiro atoms. The van der Waals surface area contributed by atoms with Crippen LogP contribution < -0.4 is 15.5 Å². The molecule has 0 saturated carbocycles. The van der Waals surface area contributed by atoms with Crippen molar-refractivity contribution in [2.24, 2.45) is 0 Å². The summed E-state index contributed by atoms with van der Waals surface area (Å²) in [5, 5.41) is 3.34. The van der Waals surface area contributed by atoms with E-state index in [0.717, 1.165) is 25.4 Å². The zero-order chi connectivity index (χ0) is 9.97. The van der Waals surface area contributed by atoms with Crippen LogP contribution in [0.1, 0.15) is 5.56 Å². The fourth-order valence-corrected chi connectivity index (χ4v) is 1.69. The van der Waals surface area contributed by atoms with E-state index in [9.17, 15) is 0 Å². The fourth-order valence-electron chi connectivity index (χ4n) is 1.69. The third kappa shape index (κ3) is 1.93. The Hall–Kier alpha value is -0.955. The molecule has 0 radical (unpaired) electrons. The third-order valence-electron chi connectivity index (χ3n) is 2.60.